The molecule has 0 aliphatic carbocycles. The van der Waals surface area contributed by atoms with Gasteiger partial charge in [0.05, 0.1) is 5.39 Å². The number of hydrogen-bond acceptors (Lipinski definition) is 4. The van der Waals surface area contributed by atoms with E-state index < -0.39 is 0 Å². The summed E-state index contributed by atoms with van der Waals surface area (Å²) in [6.07, 6.45) is 5.09. The second-order valence-electron chi connectivity index (χ2n) is 5.01. The van der Waals surface area contributed by atoms with Gasteiger partial charge in [-0.2, -0.15) is 0 Å². The predicted octanol–water partition coefficient (Wildman–Crippen LogP) is 3.10. The number of hydrogen-bond donors (Lipinski definition) is 1. The van der Waals surface area contributed by atoms with E-state index in [1.807, 2.05) is 18.2 Å². The molecule has 0 saturated carbocycles. The maximum absolute atomic E-state index is 12.4. The number of aromatic nitrogens is 4. The summed E-state index contributed by atoms with van der Waals surface area (Å²) in [6.45, 7) is 2.17. The predicted molar refractivity (Wildman–Crippen MR) is 91.3 cm³/mol. The number of halogens is 1. The van der Waals surface area contributed by atoms with Crippen LogP contribution < -0.4 is 10.1 Å². The minimum Gasteiger partial charge on any atom is -0.295 e. The van der Waals surface area contributed by atoms with Crippen molar-refractivity contribution in [1.29, 1.82) is 0 Å². The smallest absolute Gasteiger partial charge is 0.295 e. The van der Waals surface area contributed by atoms with Crippen molar-refractivity contribution in [3.8, 4) is 0 Å². The number of fused-ring (bicyclic) bond motifs is 3. The number of nitrogens with zero attached hydrogens (tertiary/aromatic N) is 3. The number of unbranched alkanes of at least 4 members (excludes halogenated alkanes) is 2. The first-order chi connectivity index (χ1) is 10.7. The molecule has 0 radical (unpaired) electrons. The molecule has 22 heavy (non-hydrogen) atoms. The van der Waals surface area contributed by atoms with Crippen LogP contribution in [0.1, 0.15) is 26.2 Å². The summed E-state index contributed by atoms with van der Waals surface area (Å²) in [7, 11) is 0. The zero-order chi connectivity index (χ0) is 15.5. The Balaban J connectivity index is 2.04. The SMILES string of the molecule is CCCCCSc1n[n+]2cnc3ccc(Br)cc3c2c(=O)[nH]1. The summed E-state index contributed by atoms with van der Waals surface area (Å²) >= 11 is 5.01. The van der Waals surface area contributed by atoms with Crippen LogP contribution in [0.3, 0.4) is 0 Å². The zero-order valence-electron chi connectivity index (χ0n) is 12.2. The van der Waals surface area contributed by atoms with Crippen LogP contribution in [0.2, 0.25) is 0 Å². The maximum atomic E-state index is 12.4. The van der Waals surface area contributed by atoms with E-state index in [9.17, 15) is 4.79 Å². The lowest BCUT2D eigenvalue weighted by atomic mass is 10.2. The Morgan fingerprint density at radius 2 is 2.23 bits per heavy atom. The van der Waals surface area contributed by atoms with Crippen molar-refractivity contribution in [2.45, 2.75) is 31.3 Å². The standard InChI is InChI=1S/C15H15BrN4OS/c1-2-3-4-7-22-15-18-14(21)13-11-8-10(16)5-6-12(11)17-9-20(13)19-15/h5-6,8-9H,2-4,7H2,1H3/p+1. The van der Waals surface area contributed by atoms with Gasteiger partial charge in [-0.15, -0.1) is 0 Å². The average Bonchev–Trinajstić information content (AvgIpc) is 2.51. The fourth-order valence-corrected chi connectivity index (χ4v) is 3.49. The average molecular weight is 380 g/mol. The fraction of sp³-hybridized carbons (Fsp3) is 0.333. The van der Waals surface area contributed by atoms with Crippen molar-refractivity contribution >= 4 is 44.1 Å². The number of aromatic amines is 1. The molecule has 0 aliphatic heterocycles. The Labute approximate surface area is 140 Å². The molecule has 0 aliphatic rings. The summed E-state index contributed by atoms with van der Waals surface area (Å²) in [5, 5.41) is 5.88. The van der Waals surface area contributed by atoms with E-state index in [0.29, 0.717) is 10.7 Å². The van der Waals surface area contributed by atoms with Crippen molar-refractivity contribution in [1.82, 2.24) is 15.1 Å². The van der Waals surface area contributed by atoms with Gasteiger partial charge in [-0.1, -0.05) is 57.1 Å². The molecule has 0 saturated heterocycles. The number of H-pyrrole nitrogens is 1. The Hall–Kier alpha value is -1.47. The van der Waals surface area contributed by atoms with E-state index in [4.69, 9.17) is 0 Å². The van der Waals surface area contributed by atoms with Gasteiger partial charge in [-0.05, 0) is 29.6 Å². The van der Waals surface area contributed by atoms with Crippen LogP contribution in [0, 0.1) is 0 Å². The molecule has 0 bridgehead atoms. The minimum atomic E-state index is -0.140. The van der Waals surface area contributed by atoms with Crippen LogP contribution in [0.5, 0.6) is 0 Å². The molecule has 7 heteroatoms. The molecule has 0 amide bonds. The first-order valence-electron chi connectivity index (χ1n) is 7.22. The van der Waals surface area contributed by atoms with Crippen LogP contribution in [0.15, 0.2) is 39.0 Å². The first-order valence-corrected chi connectivity index (χ1v) is 9.00. The van der Waals surface area contributed by atoms with Gasteiger partial charge in [0.25, 0.3) is 0 Å². The Morgan fingerprint density at radius 3 is 3.05 bits per heavy atom. The Morgan fingerprint density at radius 1 is 1.36 bits per heavy atom. The van der Waals surface area contributed by atoms with Gasteiger partial charge >= 0.3 is 11.9 Å². The second-order valence-corrected chi connectivity index (χ2v) is 7.01. The molecular weight excluding hydrogens is 364 g/mol. The van der Waals surface area contributed by atoms with Gasteiger partial charge in [-0.25, -0.2) is 0 Å². The van der Waals surface area contributed by atoms with Crippen LogP contribution in [0.25, 0.3) is 16.4 Å². The largest absolute Gasteiger partial charge is 0.312 e. The zero-order valence-corrected chi connectivity index (χ0v) is 14.6. The Kier molecular flexibility index (Phi) is 4.73. The fourth-order valence-electron chi connectivity index (χ4n) is 2.28. The molecule has 2 aromatic heterocycles. The number of thioether (sulfide) groups is 1. The minimum absolute atomic E-state index is 0.140. The third kappa shape index (κ3) is 3.15. The molecule has 5 nitrogen and oxygen atoms in total. The van der Waals surface area contributed by atoms with E-state index in [1.165, 1.54) is 12.8 Å². The molecule has 1 N–H and O–H groups in total. The quantitative estimate of drug-likeness (QED) is 0.320. The molecule has 0 spiro atoms. The van der Waals surface area contributed by atoms with Crippen molar-refractivity contribution in [2.24, 2.45) is 0 Å². The lowest BCUT2D eigenvalue weighted by molar-refractivity contribution is -0.589. The van der Waals surface area contributed by atoms with E-state index in [0.717, 1.165) is 27.5 Å². The van der Waals surface area contributed by atoms with Crippen molar-refractivity contribution in [3.63, 3.8) is 0 Å². The van der Waals surface area contributed by atoms with E-state index >= 15 is 0 Å². The molecular formula is C15H16BrN4OS+. The second kappa shape index (κ2) is 6.75. The maximum Gasteiger partial charge on any atom is 0.312 e. The van der Waals surface area contributed by atoms with Crippen molar-refractivity contribution in [3.05, 3.63) is 39.4 Å². The number of benzene rings is 1. The van der Waals surface area contributed by atoms with Crippen LogP contribution in [0.4, 0.5) is 0 Å². The summed E-state index contributed by atoms with van der Waals surface area (Å²) in [5.41, 5.74) is 1.15. The first kappa shape index (κ1) is 15.4. The van der Waals surface area contributed by atoms with Gasteiger partial charge in [0.2, 0.25) is 10.7 Å². The van der Waals surface area contributed by atoms with Gasteiger partial charge in [-0.3, -0.25) is 9.78 Å². The highest BCUT2D eigenvalue weighted by Crippen LogP contribution is 2.19. The number of nitrogens with one attached hydrogen (secondary N) is 1. The monoisotopic (exact) mass is 379 g/mol. The summed E-state index contributed by atoms with van der Waals surface area (Å²) < 4.78 is 2.47. The number of rotatable bonds is 5. The van der Waals surface area contributed by atoms with Crippen LogP contribution in [-0.4, -0.2) is 20.8 Å². The van der Waals surface area contributed by atoms with Gasteiger partial charge < -0.3 is 0 Å². The molecule has 1 aromatic carbocycles. The molecule has 3 rings (SSSR count). The van der Waals surface area contributed by atoms with E-state index in [1.54, 1.807) is 22.6 Å². The Bertz CT molecular complexity index is 880. The lowest BCUT2D eigenvalue weighted by Crippen LogP contribution is -2.35. The van der Waals surface area contributed by atoms with E-state index in [-0.39, 0.29) is 5.56 Å². The van der Waals surface area contributed by atoms with Gasteiger partial charge in [0.15, 0.2) is 5.52 Å². The molecule has 0 atom stereocenters. The molecule has 0 unspecified atom stereocenters. The summed E-state index contributed by atoms with van der Waals surface area (Å²) in [4.78, 5) is 19.7. The van der Waals surface area contributed by atoms with Gasteiger partial charge in [0, 0.05) is 10.2 Å². The summed E-state index contributed by atoms with van der Waals surface area (Å²) in [6, 6.07) is 5.68. The van der Waals surface area contributed by atoms with Crippen molar-refractivity contribution in [2.75, 3.05) is 5.75 Å². The van der Waals surface area contributed by atoms with Crippen LogP contribution >= 0.6 is 27.7 Å². The molecule has 3 aromatic rings. The molecule has 114 valence electrons. The third-order valence-electron chi connectivity index (χ3n) is 3.37. The van der Waals surface area contributed by atoms with Gasteiger partial charge in [0.1, 0.15) is 0 Å². The normalized spacial score (nSPS) is 11.4. The molecule has 2 heterocycles. The highest BCUT2D eigenvalue weighted by Gasteiger charge is 2.15. The van der Waals surface area contributed by atoms with Crippen molar-refractivity contribution < 1.29 is 4.52 Å². The van der Waals surface area contributed by atoms with E-state index in [2.05, 4.69) is 37.9 Å². The lowest BCUT2D eigenvalue weighted by Gasteiger charge is -2.01. The third-order valence-corrected chi connectivity index (χ3v) is 4.81. The highest BCUT2D eigenvalue weighted by molar-refractivity contribution is 9.10. The van der Waals surface area contributed by atoms with Crippen LogP contribution in [-0.2, 0) is 0 Å². The molecule has 0 fully saturated rings. The topological polar surface area (TPSA) is 62.7 Å². The highest BCUT2D eigenvalue weighted by atomic mass is 79.9. The summed E-state index contributed by atoms with van der Waals surface area (Å²) in [5.74, 6) is 0.954.